The molecule has 1 unspecified atom stereocenters. The number of carboxylic acids is 1. The molecule has 0 bridgehead atoms. The van der Waals surface area contributed by atoms with Crippen LogP contribution in [0.3, 0.4) is 0 Å². The summed E-state index contributed by atoms with van der Waals surface area (Å²) in [7, 11) is 3.21. The number of carbonyl (C=O) groups is 2. The van der Waals surface area contributed by atoms with Crippen molar-refractivity contribution in [2.45, 2.75) is 57.7 Å². The first-order valence-electron chi connectivity index (χ1n) is 10.8. The van der Waals surface area contributed by atoms with E-state index in [1.165, 1.54) is 16.7 Å². The lowest BCUT2D eigenvalue weighted by Gasteiger charge is -2.28. The third kappa shape index (κ3) is 4.83. The van der Waals surface area contributed by atoms with Gasteiger partial charge in [-0.15, -0.1) is 11.8 Å². The molecule has 1 atom stereocenters. The number of fused-ring (bicyclic) bond motifs is 1. The largest absolute Gasteiger partial charge is 0.497 e. The fraction of sp³-hybridized carbons (Fsp3) is 0.542. The maximum absolute atomic E-state index is 13.2. The molecule has 0 radical (unpaired) electrons. The molecule has 9 heteroatoms. The summed E-state index contributed by atoms with van der Waals surface area (Å²) < 4.78 is 13.0. The maximum Gasteiger partial charge on any atom is 0.323 e. The Morgan fingerprint density at radius 2 is 1.85 bits per heavy atom. The van der Waals surface area contributed by atoms with E-state index in [4.69, 9.17) is 14.6 Å². The highest BCUT2D eigenvalue weighted by Crippen LogP contribution is 2.51. The van der Waals surface area contributed by atoms with Crippen LogP contribution in [0.15, 0.2) is 18.2 Å². The van der Waals surface area contributed by atoms with Gasteiger partial charge in [0, 0.05) is 16.5 Å². The number of nitrogens with zero attached hydrogens (tertiary/aromatic N) is 3. The second kappa shape index (κ2) is 8.93. The molecule has 0 saturated carbocycles. The zero-order valence-electron chi connectivity index (χ0n) is 20.6. The Labute approximate surface area is 199 Å². The smallest absolute Gasteiger partial charge is 0.323 e. The average Bonchev–Trinajstić information content (AvgIpc) is 3.07. The average molecular weight is 476 g/mol. The predicted octanol–water partition coefficient (Wildman–Crippen LogP) is 4.21. The zero-order chi connectivity index (χ0) is 24.7. The topological polar surface area (TPSA) is 93.9 Å². The molecule has 2 aromatic rings. The van der Waals surface area contributed by atoms with E-state index in [9.17, 15) is 14.7 Å². The molecule has 180 valence electrons. The van der Waals surface area contributed by atoms with Gasteiger partial charge in [0.1, 0.15) is 23.9 Å². The van der Waals surface area contributed by atoms with E-state index < -0.39 is 18.1 Å². The van der Waals surface area contributed by atoms with E-state index in [0.29, 0.717) is 17.3 Å². The van der Waals surface area contributed by atoms with Crippen LogP contribution in [-0.4, -0.2) is 53.3 Å². The Morgan fingerprint density at radius 3 is 2.36 bits per heavy atom. The molecule has 1 aromatic carbocycles. The monoisotopic (exact) mass is 475 g/mol. The van der Waals surface area contributed by atoms with Crippen molar-refractivity contribution < 1.29 is 24.2 Å². The maximum atomic E-state index is 13.2. The molecular weight excluding hydrogens is 442 g/mol. The Bertz CT molecular complexity index is 1070. The van der Waals surface area contributed by atoms with E-state index in [1.807, 2.05) is 39.0 Å². The van der Waals surface area contributed by atoms with Gasteiger partial charge >= 0.3 is 5.97 Å². The van der Waals surface area contributed by atoms with Gasteiger partial charge < -0.3 is 14.6 Å². The van der Waals surface area contributed by atoms with Crippen molar-refractivity contribution in [3.05, 3.63) is 35.0 Å². The lowest BCUT2D eigenvalue weighted by Crippen LogP contribution is -2.40. The van der Waals surface area contributed by atoms with Crippen molar-refractivity contribution >= 4 is 29.5 Å². The van der Waals surface area contributed by atoms with Crippen LogP contribution in [0, 0.1) is 0 Å². The van der Waals surface area contributed by atoms with Gasteiger partial charge in [-0.3, -0.25) is 14.5 Å². The SMILES string of the molecule is COc1ccc(OC)c(C2SCC(=O)N(CC(=O)O)c3c2c(C(C)(C)C)nn3C(C)(C)C)c1. The summed E-state index contributed by atoms with van der Waals surface area (Å²) in [5, 5.41) is 14.3. The molecule has 3 rings (SSSR count). The van der Waals surface area contributed by atoms with Crippen molar-refractivity contribution in [3.63, 3.8) is 0 Å². The second-order valence-corrected chi connectivity index (χ2v) is 11.2. The highest BCUT2D eigenvalue weighted by molar-refractivity contribution is 8.00. The Hall–Kier alpha value is -2.68. The minimum Gasteiger partial charge on any atom is -0.497 e. The van der Waals surface area contributed by atoms with E-state index in [2.05, 4.69) is 20.8 Å². The van der Waals surface area contributed by atoms with Crippen LogP contribution in [0.4, 0.5) is 5.82 Å². The van der Waals surface area contributed by atoms with Crippen molar-refractivity contribution in [1.82, 2.24) is 9.78 Å². The highest BCUT2D eigenvalue weighted by atomic mass is 32.2. The van der Waals surface area contributed by atoms with Crippen molar-refractivity contribution in [2.24, 2.45) is 0 Å². The molecule has 33 heavy (non-hydrogen) atoms. The van der Waals surface area contributed by atoms with Gasteiger partial charge in [0.05, 0.1) is 36.5 Å². The first-order valence-corrected chi connectivity index (χ1v) is 11.8. The molecule has 0 saturated heterocycles. The lowest BCUT2D eigenvalue weighted by molar-refractivity contribution is -0.136. The van der Waals surface area contributed by atoms with E-state index in [1.54, 1.807) is 18.9 Å². The fourth-order valence-corrected chi connectivity index (χ4v) is 5.18. The third-order valence-corrected chi connectivity index (χ3v) is 6.68. The first kappa shape index (κ1) is 25.0. The summed E-state index contributed by atoms with van der Waals surface area (Å²) in [6.45, 7) is 11.8. The number of carbonyl (C=O) groups excluding carboxylic acids is 1. The molecule has 1 N–H and O–H groups in total. The number of hydrogen-bond acceptors (Lipinski definition) is 6. The van der Waals surface area contributed by atoms with Gasteiger partial charge in [0.25, 0.3) is 0 Å². The number of methoxy groups -OCH3 is 2. The Kier molecular flexibility index (Phi) is 6.75. The van der Waals surface area contributed by atoms with Crippen LogP contribution in [0.1, 0.15) is 63.6 Å². The number of aliphatic carboxylic acids is 1. The van der Waals surface area contributed by atoms with Gasteiger partial charge in [-0.05, 0) is 39.0 Å². The molecule has 1 aromatic heterocycles. The van der Waals surface area contributed by atoms with E-state index >= 15 is 0 Å². The number of benzene rings is 1. The molecule has 0 aliphatic carbocycles. The number of aromatic nitrogens is 2. The Balaban J connectivity index is 2.43. The van der Waals surface area contributed by atoms with Crippen LogP contribution in [0.5, 0.6) is 11.5 Å². The number of anilines is 1. The van der Waals surface area contributed by atoms with Gasteiger partial charge in [0.15, 0.2) is 0 Å². The molecule has 0 fully saturated rings. The summed E-state index contributed by atoms with van der Waals surface area (Å²) in [5.41, 5.74) is 1.67. The van der Waals surface area contributed by atoms with Crippen molar-refractivity contribution in [3.8, 4) is 11.5 Å². The molecule has 1 aliphatic rings. The standard InChI is InChI=1S/C24H33N3O5S/c1-23(2,3)21-19-20(15-11-14(31-7)9-10-16(15)32-8)33-13-17(28)26(12-18(29)30)22(19)27(25-21)24(4,5)6/h9-11,20H,12-13H2,1-8H3,(H,29,30). The number of hydrogen-bond donors (Lipinski definition) is 1. The zero-order valence-corrected chi connectivity index (χ0v) is 21.4. The van der Waals surface area contributed by atoms with Crippen LogP contribution in [-0.2, 0) is 20.5 Å². The Morgan fingerprint density at radius 1 is 1.18 bits per heavy atom. The predicted molar refractivity (Wildman–Crippen MR) is 130 cm³/mol. The van der Waals surface area contributed by atoms with Crippen LogP contribution in [0.25, 0.3) is 0 Å². The molecule has 0 spiro atoms. The number of carboxylic acid groups (broad SMARTS) is 1. The van der Waals surface area contributed by atoms with Gasteiger partial charge in [-0.25, -0.2) is 4.68 Å². The number of thioether (sulfide) groups is 1. The molecule has 1 aliphatic heterocycles. The van der Waals surface area contributed by atoms with E-state index in [0.717, 1.165) is 16.8 Å². The molecule has 1 amide bonds. The summed E-state index contributed by atoms with van der Waals surface area (Å²) in [6, 6.07) is 5.59. The molecule has 8 nitrogen and oxygen atoms in total. The van der Waals surface area contributed by atoms with Crippen molar-refractivity contribution in [1.29, 1.82) is 0 Å². The number of amides is 1. The lowest BCUT2D eigenvalue weighted by atomic mass is 9.87. The summed E-state index contributed by atoms with van der Waals surface area (Å²) in [5.74, 6) is 0.656. The summed E-state index contributed by atoms with van der Waals surface area (Å²) >= 11 is 1.45. The summed E-state index contributed by atoms with van der Waals surface area (Å²) in [4.78, 5) is 26.4. The molecule has 2 heterocycles. The summed E-state index contributed by atoms with van der Waals surface area (Å²) in [6.07, 6.45) is 0. The highest BCUT2D eigenvalue weighted by Gasteiger charge is 2.42. The van der Waals surface area contributed by atoms with Crippen LogP contribution >= 0.6 is 11.8 Å². The third-order valence-electron chi connectivity index (χ3n) is 5.45. The van der Waals surface area contributed by atoms with Crippen LogP contribution in [0.2, 0.25) is 0 Å². The van der Waals surface area contributed by atoms with Gasteiger partial charge in [-0.2, -0.15) is 5.10 Å². The first-order chi connectivity index (χ1) is 15.3. The molecular formula is C24H33N3O5S. The quantitative estimate of drug-likeness (QED) is 0.692. The van der Waals surface area contributed by atoms with E-state index in [-0.39, 0.29) is 22.3 Å². The van der Waals surface area contributed by atoms with Crippen molar-refractivity contribution in [2.75, 3.05) is 31.4 Å². The van der Waals surface area contributed by atoms with Crippen LogP contribution < -0.4 is 14.4 Å². The minimum absolute atomic E-state index is 0.126. The fourth-order valence-electron chi connectivity index (χ4n) is 3.97. The number of rotatable bonds is 5. The minimum atomic E-state index is -1.07. The normalized spacial score (nSPS) is 16.9. The number of ether oxygens (including phenoxy) is 2. The second-order valence-electron chi connectivity index (χ2n) is 10.1. The van der Waals surface area contributed by atoms with Gasteiger partial charge in [-0.1, -0.05) is 20.8 Å². The van der Waals surface area contributed by atoms with Gasteiger partial charge in [0.2, 0.25) is 5.91 Å².